The number of benzene rings is 3. The molecule has 0 aliphatic heterocycles. The van der Waals surface area contributed by atoms with Gasteiger partial charge in [-0.25, -0.2) is 0 Å². The van der Waals surface area contributed by atoms with Gasteiger partial charge in [-0.1, -0.05) is 48.0 Å². The summed E-state index contributed by atoms with van der Waals surface area (Å²) in [7, 11) is 0. The first-order valence-electron chi connectivity index (χ1n) is 8.10. The zero-order valence-corrected chi connectivity index (χ0v) is 14.0. The summed E-state index contributed by atoms with van der Waals surface area (Å²) in [6.45, 7) is 4.84. The Morgan fingerprint density at radius 3 is 2.58 bits per heavy atom. The van der Waals surface area contributed by atoms with E-state index in [0.717, 1.165) is 27.8 Å². The third-order valence-electron chi connectivity index (χ3n) is 4.01. The van der Waals surface area contributed by atoms with Gasteiger partial charge >= 0.3 is 0 Å². The highest BCUT2D eigenvalue weighted by atomic mass is 16.5. The van der Waals surface area contributed by atoms with E-state index in [1.54, 1.807) is 0 Å². The Morgan fingerprint density at radius 1 is 0.958 bits per heavy atom. The molecule has 3 nitrogen and oxygen atoms in total. The van der Waals surface area contributed by atoms with E-state index in [-0.39, 0.29) is 5.91 Å². The second-order valence-electron chi connectivity index (χ2n) is 5.93. The number of fused-ring (bicyclic) bond motifs is 1. The third-order valence-corrected chi connectivity index (χ3v) is 4.01. The lowest BCUT2D eigenvalue weighted by Gasteiger charge is -2.10. The van der Waals surface area contributed by atoms with Crippen molar-refractivity contribution in [1.82, 2.24) is 5.32 Å². The molecule has 0 radical (unpaired) electrons. The Morgan fingerprint density at radius 2 is 1.75 bits per heavy atom. The average molecular weight is 319 g/mol. The summed E-state index contributed by atoms with van der Waals surface area (Å²) in [5, 5.41) is 5.25. The number of nitrogens with one attached hydrogen (secondary N) is 1. The van der Waals surface area contributed by atoms with Crippen LogP contribution in [0.25, 0.3) is 10.8 Å². The van der Waals surface area contributed by atoms with Crippen LogP contribution in [0.5, 0.6) is 5.75 Å². The van der Waals surface area contributed by atoms with E-state index in [1.807, 2.05) is 62.4 Å². The van der Waals surface area contributed by atoms with Crippen LogP contribution in [-0.4, -0.2) is 19.1 Å². The summed E-state index contributed by atoms with van der Waals surface area (Å²) < 4.78 is 5.74. The molecule has 0 aliphatic rings. The average Bonchev–Trinajstić information content (AvgIpc) is 2.60. The molecule has 0 saturated heterocycles. The molecule has 1 amide bonds. The topological polar surface area (TPSA) is 38.3 Å². The minimum atomic E-state index is -0.0571. The van der Waals surface area contributed by atoms with Crippen molar-refractivity contribution in [2.45, 2.75) is 13.8 Å². The highest BCUT2D eigenvalue weighted by molar-refractivity contribution is 5.95. The van der Waals surface area contributed by atoms with Gasteiger partial charge < -0.3 is 10.1 Å². The molecule has 0 aromatic heterocycles. The molecular weight excluding hydrogens is 298 g/mol. The van der Waals surface area contributed by atoms with E-state index in [2.05, 4.69) is 17.4 Å². The van der Waals surface area contributed by atoms with Crippen molar-refractivity contribution < 1.29 is 9.53 Å². The highest BCUT2D eigenvalue weighted by Crippen LogP contribution is 2.20. The number of carbonyl (C=O) groups is 1. The second kappa shape index (κ2) is 7.18. The van der Waals surface area contributed by atoms with Crippen LogP contribution >= 0.6 is 0 Å². The minimum absolute atomic E-state index is 0.0571. The molecule has 3 rings (SSSR count). The van der Waals surface area contributed by atoms with Crippen LogP contribution in [-0.2, 0) is 0 Å². The van der Waals surface area contributed by atoms with Gasteiger partial charge in [0, 0.05) is 5.56 Å². The van der Waals surface area contributed by atoms with E-state index < -0.39 is 0 Å². The first-order valence-corrected chi connectivity index (χ1v) is 8.10. The van der Waals surface area contributed by atoms with Gasteiger partial charge in [0.2, 0.25) is 0 Å². The Hall–Kier alpha value is -2.81. The number of hydrogen-bond acceptors (Lipinski definition) is 2. The van der Waals surface area contributed by atoms with Crippen LogP contribution in [0.2, 0.25) is 0 Å². The Labute approximate surface area is 142 Å². The maximum absolute atomic E-state index is 12.2. The predicted octanol–water partition coefficient (Wildman–Crippen LogP) is 4.27. The number of hydrogen-bond donors (Lipinski definition) is 1. The fourth-order valence-corrected chi connectivity index (χ4v) is 2.67. The third kappa shape index (κ3) is 3.74. The SMILES string of the molecule is Cc1ccc(C)c(C(=O)NCCOc2ccc3ccccc3c2)c1. The fourth-order valence-electron chi connectivity index (χ4n) is 2.67. The maximum atomic E-state index is 12.2. The Balaban J connectivity index is 1.54. The standard InChI is InChI=1S/C21H21NO2/c1-15-7-8-16(2)20(13-15)21(23)22-11-12-24-19-10-9-17-5-3-4-6-18(17)14-19/h3-10,13-14H,11-12H2,1-2H3,(H,22,23). The van der Waals surface area contributed by atoms with Crippen molar-refractivity contribution in [1.29, 1.82) is 0 Å². The second-order valence-corrected chi connectivity index (χ2v) is 5.93. The van der Waals surface area contributed by atoms with Crippen molar-refractivity contribution >= 4 is 16.7 Å². The van der Waals surface area contributed by atoms with Crippen LogP contribution in [0.15, 0.2) is 60.7 Å². The van der Waals surface area contributed by atoms with Crippen molar-refractivity contribution in [2.75, 3.05) is 13.2 Å². The van der Waals surface area contributed by atoms with E-state index >= 15 is 0 Å². The first kappa shape index (κ1) is 16.1. The molecule has 122 valence electrons. The quantitative estimate of drug-likeness (QED) is 0.713. The van der Waals surface area contributed by atoms with Crippen molar-refractivity contribution in [2.24, 2.45) is 0 Å². The molecule has 3 heteroatoms. The lowest BCUT2D eigenvalue weighted by molar-refractivity contribution is 0.0946. The molecule has 1 N–H and O–H groups in total. The number of amides is 1. The number of aryl methyl sites for hydroxylation is 2. The van der Waals surface area contributed by atoms with Crippen molar-refractivity contribution in [3.05, 3.63) is 77.4 Å². The van der Waals surface area contributed by atoms with Crippen LogP contribution in [0.3, 0.4) is 0 Å². The molecule has 0 aliphatic carbocycles. The van der Waals surface area contributed by atoms with Crippen LogP contribution in [0.4, 0.5) is 0 Å². The predicted molar refractivity (Wildman–Crippen MR) is 97.7 cm³/mol. The smallest absolute Gasteiger partial charge is 0.251 e. The molecular formula is C21H21NO2. The van der Waals surface area contributed by atoms with Crippen molar-refractivity contribution in [3.8, 4) is 5.75 Å². The highest BCUT2D eigenvalue weighted by Gasteiger charge is 2.08. The molecule has 0 fully saturated rings. The van der Waals surface area contributed by atoms with E-state index in [9.17, 15) is 4.79 Å². The fraction of sp³-hybridized carbons (Fsp3) is 0.190. The summed E-state index contributed by atoms with van der Waals surface area (Å²) in [5.74, 6) is 0.757. The molecule has 0 atom stereocenters. The van der Waals surface area contributed by atoms with Gasteiger partial charge in [-0.05, 0) is 48.4 Å². The molecule has 3 aromatic carbocycles. The summed E-state index contributed by atoms with van der Waals surface area (Å²) >= 11 is 0. The molecule has 0 bridgehead atoms. The maximum Gasteiger partial charge on any atom is 0.251 e. The van der Waals surface area contributed by atoms with Gasteiger partial charge in [-0.3, -0.25) is 4.79 Å². The van der Waals surface area contributed by atoms with Crippen LogP contribution in [0.1, 0.15) is 21.5 Å². The van der Waals surface area contributed by atoms with E-state index in [0.29, 0.717) is 13.2 Å². The minimum Gasteiger partial charge on any atom is -0.492 e. The van der Waals surface area contributed by atoms with Gasteiger partial charge in [-0.15, -0.1) is 0 Å². The number of carbonyl (C=O) groups excluding carboxylic acids is 1. The molecule has 3 aromatic rings. The number of ether oxygens (including phenoxy) is 1. The van der Waals surface area contributed by atoms with Gasteiger partial charge in [0.05, 0.1) is 6.54 Å². The van der Waals surface area contributed by atoms with E-state index in [1.165, 1.54) is 5.39 Å². The van der Waals surface area contributed by atoms with Gasteiger partial charge in [0.1, 0.15) is 12.4 Å². The summed E-state index contributed by atoms with van der Waals surface area (Å²) in [6, 6.07) is 20.1. The molecule has 0 spiro atoms. The first-order chi connectivity index (χ1) is 11.6. The van der Waals surface area contributed by atoms with Gasteiger partial charge in [0.15, 0.2) is 0 Å². The number of rotatable bonds is 5. The summed E-state index contributed by atoms with van der Waals surface area (Å²) in [5.41, 5.74) is 2.78. The molecule has 0 saturated carbocycles. The van der Waals surface area contributed by atoms with Crippen LogP contribution in [0, 0.1) is 13.8 Å². The lowest BCUT2D eigenvalue weighted by atomic mass is 10.1. The molecule has 0 heterocycles. The van der Waals surface area contributed by atoms with Gasteiger partial charge in [0.25, 0.3) is 5.91 Å². The van der Waals surface area contributed by atoms with Crippen LogP contribution < -0.4 is 10.1 Å². The summed E-state index contributed by atoms with van der Waals surface area (Å²) in [4.78, 5) is 12.2. The monoisotopic (exact) mass is 319 g/mol. The Bertz CT molecular complexity index is 871. The van der Waals surface area contributed by atoms with Gasteiger partial charge in [-0.2, -0.15) is 0 Å². The molecule has 24 heavy (non-hydrogen) atoms. The lowest BCUT2D eigenvalue weighted by Crippen LogP contribution is -2.28. The Kier molecular flexibility index (Phi) is 4.80. The van der Waals surface area contributed by atoms with Crippen molar-refractivity contribution in [3.63, 3.8) is 0 Å². The van der Waals surface area contributed by atoms with E-state index in [4.69, 9.17) is 4.74 Å². The molecule has 0 unspecified atom stereocenters. The normalized spacial score (nSPS) is 10.6. The largest absolute Gasteiger partial charge is 0.492 e. The zero-order chi connectivity index (χ0) is 16.9. The summed E-state index contributed by atoms with van der Waals surface area (Å²) in [6.07, 6.45) is 0. The zero-order valence-electron chi connectivity index (χ0n) is 14.0.